The maximum atomic E-state index is 13.9. The van der Waals surface area contributed by atoms with Gasteiger partial charge in [0.2, 0.25) is 0 Å². The van der Waals surface area contributed by atoms with Crippen LogP contribution in [0.3, 0.4) is 0 Å². The van der Waals surface area contributed by atoms with Crippen LogP contribution in [0.25, 0.3) is 0 Å². The van der Waals surface area contributed by atoms with Crippen molar-refractivity contribution in [2.24, 2.45) is 5.92 Å². The maximum Gasteiger partial charge on any atom is 0.128 e. The monoisotopic (exact) mass is 340 g/mol. The van der Waals surface area contributed by atoms with Gasteiger partial charge in [-0.3, -0.25) is 4.90 Å². The molecular weight excluding hydrogens is 319 g/mol. The van der Waals surface area contributed by atoms with Gasteiger partial charge in [0.25, 0.3) is 0 Å². The second kappa shape index (κ2) is 6.54. The molecule has 2 nitrogen and oxygen atoms in total. The van der Waals surface area contributed by atoms with Crippen molar-refractivity contribution in [1.29, 1.82) is 0 Å². The summed E-state index contributed by atoms with van der Waals surface area (Å²) in [6.45, 7) is 4.11. The summed E-state index contributed by atoms with van der Waals surface area (Å²) in [6, 6.07) is 6.08. The van der Waals surface area contributed by atoms with Crippen LogP contribution in [-0.4, -0.2) is 30.6 Å². The zero-order chi connectivity index (χ0) is 13.9. The lowest BCUT2D eigenvalue weighted by atomic mass is 9.89. The second-order valence-electron chi connectivity index (χ2n) is 6.08. The van der Waals surface area contributed by atoms with E-state index in [-0.39, 0.29) is 5.82 Å². The van der Waals surface area contributed by atoms with Gasteiger partial charge in [0, 0.05) is 29.2 Å². The third kappa shape index (κ3) is 3.41. The summed E-state index contributed by atoms with van der Waals surface area (Å²) in [5.74, 6) is 0.644. The van der Waals surface area contributed by atoms with Crippen molar-refractivity contribution in [3.8, 4) is 0 Å². The number of hydrogen-bond donors (Lipinski definition) is 1. The molecule has 2 aliphatic rings. The smallest absolute Gasteiger partial charge is 0.128 e. The molecule has 0 radical (unpaired) electrons. The van der Waals surface area contributed by atoms with Gasteiger partial charge in [0.1, 0.15) is 5.82 Å². The lowest BCUT2D eigenvalue weighted by Gasteiger charge is -2.35. The number of benzene rings is 1. The predicted molar refractivity (Wildman–Crippen MR) is 83.1 cm³/mol. The Morgan fingerprint density at radius 1 is 1.30 bits per heavy atom. The standard InChI is InChI=1S/C16H22BrFN2/c17-14-6-5-12(15(18)9-14)10-20-8-2-3-13(11-20)16-4-1-7-19-16/h5-6,9,13,16,19H,1-4,7-8,10-11H2. The normalized spacial score (nSPS) is 27.9. The molecule has 0 saturated carbocycles. The summed E-state index contributed by atoms with van der Waals surface area (Å²) in [6.07, 6.45) is 5.17. The van der Waals surface area contributed by atoms with E-state index < -0.39 is 0 Å². The second-order valence-corrected chi connectivity index (χ2v) is 6.99. The van der Waals surface area contributed by atoms with Crippen molar-refractivity contribution in [3.63, 3.8) is 0 Å². The predicted octanol–water partition coefficient (Wildman–Crippen LogP) is 3.55. The summed E-state index contributed by atoms with van der Waals surface area (Å²) in [5, 5.41) is 3.62. The van der Waals surface area contributed by atoms with Gasteiger partial charge in [-0.05, 0) is 56.8 Å². The van der Waals surface area contributed by atoms with E-state index in [9.17, 15) is 4.39 Å². The third-order valence-corrected chi connectivity index (χ3v) is 5.11. The van der Waals surface area contributed by atoms with Crippen molar-refractivity contribution in [3.05, 3.63) is 34.1 Å². The van der Waals surface area contributed by atoms with Gasteiger partial charge in [0.15, 0.2) is 0 Å². The number of piperidine rings is 1. The Hall–Kier alpha value is -0.450. The van der Waals surface area contributed by atoms with Gasteiger partial charge in [-0.2, -0.15) is 0 Å². The summed E-state index contributed by atoms with van der Waals surface area (Å²) in [7, 11) is 0. The summed E-state index contributed by atoms with van der Waals surface area (Å²) >= 11 is 3.31. The SMILES string of the molecule is Fc1cc(Br)ccc1CN1CCCC(C2CCCN2)C1. The minimum Gasteiger partial charge on any atom is -0.314 e. The minimum absolute atomic E-state index is 0.0968. The molecule has 1 aromatic rings. The molecule has 2 heterocycles. The molecule has 20 heavy (non-hydrogen) atoms. The Morgan fingerprint density at radius 2 is 2.20 bits per heavy atom. The quantitative estimate of drug-likeness (QED) is 0.905. The van der Waals surface area contributed by atoms with E-state index in [1.165, 1.54) is 32.2 Å². The van der Waals surface area contributed by atoms with Crippen LogP contribution in [0.15, 0.2) is 22.7 Å². The van der Waals surface area contributed by atoms with Gasteiger partial charge in [-0.25, -0.2) is 4.39 Å². The van der Waals surface area contributed by atoms with E-state index in [0.717, 1.165) is 35.6 Å². The number of rotatable bonds is 3. The van der Waals surface area contributed by atoms with Crippen molar-refractivity contribution in [2.45, 2.75) is 38.3 Å². The zero-order valence-electron chi connectivity index (χ0n) is 11.7. The van der Waals surface area contributed by atoms with Crippen LogP contribution in [-0.2, 0) is 6.54 Å². The van der Waals surface area contributed by atoms with Gasteiger partial charge in [-0.1, -0.05) is 22.0 Å². The molecule has 1 N–H and O–H groups in total. The molecule has 2 aliphatic heterocycles. The molecule has 0 bridgehead atoms. The summed E-state index contributed by atoms with van der Waals surface area (Å²) in [4.78, 5) is 2.42. The Bertz CT molecular complexity index is 460. The fourth-order valence-electron chi connectivity index (χ4n) is 3.57. The molecule has 0 aromatic heterocycles. The lowest BCUT2D eigenvalue weighted by molar-refractivity contribution is 0.144. The number of halogens is 2. The highest BCUT2D eigenvalue weighted by Gasteiger charge is 2.29. The fourth-order valence-corrected chi connectivity index (χ4v) is 3.90. The van der Waals surface area contributed by atoms with Crippen LogP contribution in [0.2, 0.25) is 0 Å². The molecule has 1 aromatic carbocycles. The summed E-state index contributed by atoms with van der Waals surface area (Å²) < 4.78 is 14.7. The van der Waals surface area contributed by atoms with Gasteiger partial charge < -0.3 is 5.32 Å². The highest BCUT2D eigenvalue weighted by Crippen LogP contribution is 2.26. The largest absolute Gasteiger partial charge is 0.314 e. The first-order chi connectivity index (χ1) is 9.72. The fraction of sp³-hybridized carbons (Fsp3) is 0.625. The molecule has 2 atom stereocenters. The Kier molecular flexibility index (Phi) is 4.74. The highest BCUT2D eigenvalue weighted by molar-refractivity contribution is 9.10. The maximum absolute atomic E-state index is 13.9. The van der Waals surface area contributed by atoms with Gasteiger partial charge in [-0.15, -0.1) is 0 Å². The van der Waals surface area contributed by atoms with Crippen molar-refractivity contribution >= 4 is 15.9 Å². The molecule has 2 saturated heterocycles. The Balaban J connectivity index is 1.62. The molecule has 2 unspecified atom stereocenters. The Morgan fingerprint density at radius 3 is 2.95 bits per heavy atom. The van der Waals surface area contributed by atoms with Crippen LogP contribution in [0.1, 0.15) is 31.2 Å². The molecule has 0 aliphatic carbocycles. The van der Waals surface area contributed by atoms with E-state index in [0.29, 0.717) is 6.04 Å². The average Bonchev–Trinajstić information content (AvgIpc) is 2.96. The Labute approximate surface area is 128 Å². The highest BCUT2D eigenvalue weighted by atomic mass is 79.9. The zero-order valence-corrected chi connectivity index (χ0v) is 13.3. The molecule has 4 heteroatoms. The first-order valence-electron chi connectivity index (χ1n) is 7.62. The van der Waals surface area contributed by atoms with E-state index >= 15 is 0 Å². The van der Waals surface area contributed by atoms with E-state index in [1.54, 1.807) is 6.07 Å². The van der Waals surface area contributed by atoms with Gasteiger partial charge >= 0.3 is 0 Å². The first-order valence-corrected chi connectivity index (χ1v) is 8.41. The van der Waals surface area contributed by atoms with Crippen molar-refractivity contribution in [1.82, 2.24) is 10.2 Å². The molecule has 110 valence electrons. The molecule has 2 fully saturated rings. The number of likely N-dealkylation sites (tertiary alicyclic amines) is 1. The van der Waals surface area contributed by atoms with Crippen LogP contribution < -0.4 is 5.32 Å². The van der Waals surface area contributed by atoms with E-state index in [4.69, 9.17) is 0 Å². The number of hydrogen-bond acceptors (Lipinski definition) is 2. The lowest BCUT2D eigenvalue weighted by Crippen LogP contribution is -2.43. The topological polar surface area (TPSA) is 15.3 Å². The third-order valence-electron chi connectivity index (χ3n) is 4.62. The summed E-state index contributed by atoms with van der Waals surface area (Å²) in [5.41, 5.74) is 0.813. The number of nitrogens with one attached hydrogen (secondary N) is 1. The molecular formula is C16H22BrFN2. The molecule has 0 spiro atoms. The van der Waals surface area contributed by atoms with Crippen LogP contribution in [0.5, 0.6) is 0 Å². The minimum atomic E-state index is -0.0968. The molecule has 0 amide bonds. The van der Waals surface area contributed by atoms with Crippen LogP contribution in [0, 0.1) is 11.7 Å². The van der Waals surface area contributed by atoms with E-state index in [2.05, 4.69) is 26.1 Å². The average molecular weight is 341 g/mol. The number of nitrogens with zero attached hydrogens (tertiary/aromatic N) is 1. The van der Waals surface area contributed by atoms with Gasteiger partial charge in [0.05, 0.1) is 0 Å². The van der Waals surface area contributed by atoms with Crippen molar-refractivity contribution < 1.29 is 4.39 Å². The van der Waals surface area contributed by atoms with E-state index in [1.807, 2.05) is 12.1 Å². The van der Waals surface area contributed by atoms with Crippen LogP contribution in [0.4, 0.5) is 4.39 Å². The van der Waals surface area contributed by atoms with Crippen molar-refractivity contribution in [2.75, 3.05) is 19.6 Å². The molecule has 3 rings (SSSR count). The van der Waals surface area contributed by atoms with Crippen LogP contribution >= 0.6 is 15.9 Å². The first kappa shape index (κ1) is 14.5.